The molecule has 0 saturated carbocycles. The van der Waals surface area contributed by atoms with Gasteiger partial charge in [-0.2, -0.15) is 0 Å². The van der Waals surface area contributed by atoms with Gasteiger partial charge in [0.25, 0.3) is 0 Å². The van der Waals surface area contributed by atoms with E-state index in [1.54, 1.807) is 12.1 Å². The molecule has 18 heavy (non-hydrogen) atoms. The minimum absolute atomic E-state index is 0.464. The molecule has 2 aromatic carbocycles. The maximum absolute atomic E-state index is 6.09. The van der Waals surface area contributed by atoms with E-state index in [1.807, 2.05) is 24.3 Å². The maximum Gasteiger partial charge on any atom is 0.147 e. The van der Waals surface area contributed by atoms with Gasteiger partial charge in [0.1, 0.15) is 11.5 Å². The van der Waals surface area contributed by atoms with Crippen LogP contribution in [-0.4, -0.2) is 0 Å². The van der Waals surface area contributed by atoms with E-state index in [1.165, 1.54) is 0 Å². The monoisotopic (exact) mass is 345 g/mol. The van der Waals surface area contributed by atoms with Crippen molar-refractivity contribution in [2.45, 2.75) is 6.54 Å². The van der Waals surface area contributed by atoms with Crippen LogP contribution < -0.4 is 10.5 Å². The molecule has 0 unspecified atom stereocenters. The lowest BCUT2D eigenvalue weighted by Crippen LogP contribution is -1.96. The highest BCUT2D eigenvalue weighted by Crippen LogP contribution is 2.36. The summed E-state index contributed by atoms with van der Waals surface area (Å²) >= 11 is 15.4. The van der Waals surface area contributed by atoms with Gasteiger partial charge in [-0.15, -0.1) is 0 Å². The van der Waals surface area contributed by atoms with Gasteiger partial charge >= 0.3 is 0 Å². The van der Waals surface area contributed by atoms with Crippen LogP contribution in [0, 0.1) is 0 Å². The van der Waals surface area contributed by atoms with Gasteiger partial charge in [0.2, 0.25) is 0 Å². The van der Waals surface area contributed by atoms with Crippen LogP contribution >= 0.6 is 39.1 Å². The van der Waals surface area contributed by atoms with Crippen molar-refractivity contribution >= 4 is 39.1 Å². The molecule has 0 spiro atoms. The number of benzene rings is 2. The van der Waals surface area contributed by atoms with Gasteiger partial charge in [-0.1, -0.05) is 35.3 Å². The third-order valence-corrected chi connectivity index (χ3v) is 3.83. The normalized spacial score (nSPS) is 10.4. The molecule has 5 heteroatoms. The van der Waals surface area contributed by atoms with Crippen molar-refractivity contribution in [1.82, 2.24) is 0 Å². The molecule has 2 rings (SSSR count). The van der Waals surface area contributed by atoms with E-state index in [2.05, 4.69) is 15.9 Å². The zero-order chi connectivity index (χ0) is 13.1. The number of hydrogen-bond donors (Lipinski definition) is 1. The van der Waals surface area contributed by atoms with Crippen LogP contribution in [0.4, 0.5) is 0 Å². The lowest BCUT2D eigenvalue weighted by Gasteiger charge is -2.09. The first kappa shape index (κ1) is 13.7. The van der Waals surface area contributed by atoms with Crippen molar-refractivity contribution < 1.29 is 4.74 Å². The van der Waals surface area contributed by atoms with E-state index in [0.29, 0.717) is 28.1 Å². The summed E-state index contributed by atoms with van der Waals surface area (Å²) in [5.74, 6) is 1.19. The second-order valence-corrected chi connectivity index (χ2v) is 5.32. The molecule has 0 atom stereocenters. The Bertz CT molecular complexity index is 575. The highest BCUT2D eigenvalue weighted by molar-refractivity contribution is 9.10. The molecule has 0 bridgehead atoms. The Hall–Kier alpha value is -0.740. The van der Waals surface area contributed by atoms with Crippen molar-refractivity contribution in [3.05, 3.63) is 56.5 Å². The van der Waals surface area contributed by atoms with Gasteiger partial charge in [-0.25, -0.2) is 0 Å². The molecule has 2 nitrogen and oxygen atoms in total. The van der Waals surface area contributed by atoms with E-state index >= 15 is 0 Å². The molecule has 0 amide bonds. The lowest BCUT2D eigenvalue weighted by atomic mass is 10.2. The predicted octanol–water partition coefficient (Wildman–Crippen LogP) is 5.01. The lowest BCUT2D eigenvalue weighted by molar-refractivity contribution is 0.482. The summed E-state index contributed by atoms with van der Waals surface area (Å²) in [6.45, 7) is 0.464. The Labute approximate surface area is 124 Å². The van der Waals surface area contributed by atoms with Crippen LogP contribution in [0.2, 0.25) is 10.0 Å². The molecule has 2 aromatic rings. The molecule has 0 saturated heterocycles. The topological polar surface area (TPSA) is 35.2 Å². The minimum atomic E-state index is 0.464. The van der Waals surface area contributed by atoms with Gasteiger partial charge in [-0.3, -0.25) is 0 Å². The fourth-order valence-electron chi connectivity index (χ4n) is 1.45. The van der Waals surface area contributed by atoms with Gasteiger partial charge < -0.3 is 10.5 Å². The van der Waals surface area contributed by atoms with Crippen LogP contribution in [0.1, 0.15) is 5.56 Å². The average molecular weight is 347 g/mol. The number of halogens is 3. The molecular weight excluding hydrogens is 337 g/mol. The fourth-order valence-corrected chi connectivity index (χ4v) is 2.28. The molecule has 94 valence electrons. The number of rotatable bonds is 3. The second-order valence-electron chi connectivity index (χ2n) is 3.65. The van der Waals surface area contributed by atoms with E-state index in [0.717, 1.165) is 10.0 Å². The highest BCUT2D eigenvalue weighted by atomic mass is 79.9. The van der Waals surface area contributed by atoms with Crippen molar-refractivity contribution in [2.75, 3.05) is 0 Å². The summed E-state index contributed by atoms with van der Waals surface area (Å²) in [5, 5.41) is 1.04. The third-order valence-electron chi connectivity index (χ3n) is 2.34. The number of ether oxygens (including phenoxy) is 1. The van der Waals surface area contributed by atoms with E-state index in [4.69, 9.17) is 33.7 Å². The minimum Gasteiger partial charge on any atom is -0.456 e. The third kappa shape index (κ3) is 3.18. The summed E-state index contributed by atoms with van der Waals surface area (Å²) in [7, 11) is 0. The Morgan fingerprint density at radius 1 is 1.11 bits per heavy atom. The smallest absolute Gasteiger partial charge is 0.147 e. The van der Waals surface area contributed by atoms with E-state index in [-0.39, 0.29) is 0 Å². The van der Waals surface area contributed by atoms with Crippen LogP contribution in [0.5, 0.6) is 11.5 Å². The summed E-state index contributed by atoms with van der Waals surface area (Å²) < 4.78 is 6.43. The molecule has 0 aliphatic carbocycles. The molecule has 0 aliphatic rings. The SMILES string of the molecule is NCc1cccc(Oc2cc(Cl)c(Br)cc2Cl)c1. The molecule has 0 radical (unpaired) electrons. The van der Waals surface area contributed by atoms with E-state index in [9.17, 15) is 0 Å². The second kappa shape index (κ2) is 5.93. The maximum atomic E-state index is 6.09. The van der Waals surface area contributed by atoms with Crippen LogP contribution in [0.3, 0.4) is 0 Å². The van der Waals surface area contributed by atoms with Crippen LogP contribution in [-0.2, 0) is 6.54 Å². The van der Waals surface area contributed by atoms with Crippen molar-refractivity contribution in [1.29, 1.82) is 0 Å². The van der Waals surface area contributed by atoms with Crippen molar-refractivity contribution in [3.63, 3.8) is 0 Å². The number of nitrogens with two attached hydrogens (primary N) is 1. The summed E-state index contributed by atoms with van der Waals surface area (Å²) in [5.41, 5.74) is 6.57. The van der Waals surface area contributed by atoms with Gasteiger partial charge in [0.05, 0.1) is 10.0 Å². The first-order valence-corrected chi connectivity index (χ1v) is 6.76. The van der Waals surface area contributed by atoms with Gasteiger partial charge in [0, 0.05) is 17.1 Å². The molecule has 0 heterocycles. The van der Waals surface area contributed by atoms with Gasteiger partial charge in [-0.05, 0) is 39.7 Å². The molecule has 0 aliphatic heterocycles. The largest absolute Gasteiger partial charge is 0.456 e. The number of hydrogen-bond acceptors (Lipinski definition) is 2. The zero-order valence-corrected chi connectivity index (χ0v) is 12.4. The molecule has 2 N–H and O–H groups in total. The standard InChI is InChI=1S/C13H10BrCl2NO/c14-10-5-12(16)13(6-11(10)15)18-9-3-1-2-8(4-9)7-17/h1-6H,7,17H2. The van der Waals surface area contributed by atoms with Crippen LogP contribution in [0.25, 0.3) is 0 Å². The van der Waals surface area contributed by atoms with Gasteiger partial charge in [0.15, 0.2) is 0 Å². The first-order chi connectivity index (χ1) is 8.60. The van der Waals surface area contributed by atoms with E-state index < -0.39 is 0 Å². The molecule has 0 fully saturated rings. The summed E-state index contributed by atoms with van der Waals surface area (Å²) in [6.07, 6.45) is 0. The quantitative estimate of drug-likeness (QED) is 0.793. The zero-order valence-electron chi connectivity index (χ0n) is 9.29. The predicted molar refractivity (Wildman–Crippen MR) is 78.6 cm³/mol. The van der Waals surface area contributed by atoms with Crippen LogP contribution in [0.15, 0.2) is 40.9 Å². The fraction of sp³-hybridized carbons (Fsp3) is 0.0769. The molecular formula is C13H10BrCl2NO. The summed E-state index contributed by atoms with van der Waals surface area (Å²) in [6, 6.07) is 10.9. The first-order valence-electron chi connectivity index (χ1n) is 5.21. The average Bonchev–Trinajstić information content (AvgIpc) is 2.36. The Balaban J connectivity index is 2.30. The van der Waals surface area contributed by atoms with Crippen molar-refractivity contribution in [3.8, 4) is 11.5 Å². The Morgan fingerprint density at radius 2 is 1.89 bits per heavy atom. The highest BCUT2D eigenvalue weighted by Gasteiger charge is 2.08. The van der Waals surface area contributed by atoms with Crippen molar-refractivity contribution in [2.24, 2.45) is 5.73 Å². The Morgan fingerprint density at radius 3 is 2.61 bits per heavy atom. The summed E-state index contributed by atoms with van der Waals surface area (Å²) in [4.78, 5) is 0. The molecule has 0 aromatic heterocycles. The Kier molecular flexibility index (Phi) is 4.51.